The van der Waals surface area contributed by atoms with E-state index in [1.54, 1.807) is 13.2 Å². The summed E-state index contributed by atoms with van der Waals surface area (Å²) in [6.07, 6.45) is 0. The molecule has 1 atom stereocenters. The van der Waals surface area contributed by atoms with Crippen LogP contribution in [-0.2, 0) is 11.3 Å². The maximum atomic E-state index is 13.2. The van der Waals surface area contributed by atoms with Crippen molar-refractivity contribution in [1.29, 1.82) is 0 Å². The van der Waals surface area contributed by atoms with Gasteiger partial charge in [0, 0.05) is 24.2 Å². The van der Waals surface area contributed by atoms with Crippen LogP contribution in [0.15, 0.2) is 27.7 Å². The lowest BCUT2D eigenvalue weighted by molar-refractivity contribution is 0.179. The van der Waals surface area contributed by atoms with Gasteiger partial charge in [-0.25, -0.2) is 9.38 Å². The quantitative estimate of drug-likeness (QED) is 0.615. The third kappa shape index (κ3) is 5.88. The van der Waals surface area contributed by atoms with Crippen molar-refractivity contribution in [2.24, 2.45) is 4.99 Å². The van der Waals surface area contributed by atoms with Crippen LogP contribution in [-0.4, -0.2) is 32.3 Å². The van der Waals surface area contributed by atoms with Gasteiger partial charge in [0.25, 0.3) is 0 Å². The van der Waals surface area contributed by atoms with E-state index in [1.807, 2.05) is 13.8 Å². The summed E-state index contributed by atoms with van der Waals surface area (Å²) in [5.74, 6) is 0.428. The Morgan fingerprint density at radius 1 is 1.50 bits per heavy atom. The van der Waals surface area contributed by atoms with Crippen LogP contribution >= 0.6 is 15.9 Å². The highest BCUT2D eigenvalue weighted by atomic mass is 79.9. The summed E-state index contributed by atoms with van der Waals surface area (Å²) in [7, 11) is 1.66. The number of guanidine groups is 1. The van der Waals surface area contributed by atoms with Crippen LogP contribution in [0.4, 0.5) is 4.39 Å². The second-order valence-corrected chi connectivity index (χ2v) is 5.29. The molecule has 0 amide bonds. The lowest BCUT2D eigenvalue weighted by Gasteiger charge is -2.17. The molecule has 0 fully saturated rings. The molecule has 1 rings (SSSR count). The zero-order valence-corrected chi connectivity index (χ0v) is 13.6. The lowest BCUT2D eigenvalue weighted by atomic mass is 10.2. The Morgan fingerprint density at radius 2 is 2.25 bits per heavy atom. The van der Waals surface area contributed by atoms with Gasteiger partial charge >= 0.3 is 0 Å². The van der Waals surface area contributed by atoms with Crippen LogP contribution in [0.2, 0.25) is 0 Å². The van der Waals surface area contributed by atoms with Crippen molar-refractivity contribution in [3.05, 3.63) is 34.1 Å². The second-order valence-electron chi connectivity index (χ2n) is 4.43. The van der Waals surface area contributed by atoms with E-state index in [4.69, 9.17) is 4.74 Å². The van der Waals surface area contributed by atoms with E-state index in [9.17, 15) is 4.39 Å². The number of ether oxygens (including phenoxy) is 1. The Bertz CT molecular complexity index is 454. The number of hydrogen-bond acceptors (Lipinski definition) is 2. The number of nitrogens with zero attached hydrogens (tertiary/aromatic N) is 1. The number of benzene rings is 1. The lowest BCUT2D eigenvalue weighted by Crippen LogP contribution is -2.43. The zero-order chi connectivity index (χ0) is 15.0. The molecule has 20 heavy (non-hydrogen) atoms. The topological polar surface area (TPSA) is 45.7 Å². The Morgan fingerprint density at radius 3 is 2.90 bits per heavy atom. The fourth-order valence-electron chi connectivity index (χ4n) is 1.67. The first kappa shape index (κ1) is 16.9. The number of nitrogens with one attached hydrogen (secondary N) is 2. The van der Waals surface area contributed by atoms with Crippen LogP contribution in [0.1, 0.15) is 19.4 Å². The molecule has 0 saturated heterocycles. The molecule has 0 aliphatic carbocycles. The molecule has 6 heteroatoms. The van der Waals surface area contributed by atoms with Gasteiger partial charge in [0.2, 0.25) is 0 Å². The molecule has 0 radical (unpaired) electrons. The molecule has 0 heterocycles. The van der Waals surface area contributed by atoms with Crippen LogP contribution < -0.4 is 10.6 Å². The number of rotatable bonds is 6. The van der Waals surface area contributed by atoms with Crippen molar-refractivity contribution in [2.75, 3.05) is 20.3 Å². The predicted molar refractivity (Wildman–Crippen MR) is 83.4 cm³/mol. The Hall–Kier alpha value is -1.14. The van der Waals surface area contributed by atoms with Gasteiger partial charge in [-0.2, -0.15) is 0 Å². The molecule has 0 spiro atoms. The normalized spacial score (nSPS) is 13.2. The second kappa shape index (κ2) is 8.92. The molecule has 0 saturated carbocycles. The average molecular weight is 346 g/mol. The van der Waals surface area contributed by atoms with E-state index in [1.165, 1.54) is 12.1 Å². The Balaban J connectivity index is 2.73. The van der Waals surface area contributed by atoms with E-state index in [0.29, 0.717) is 19.1 Å². The molecule has 2 N–H and O–H groups in total. The summed E-state index contributed by atoms with van der Waals surface area (Å²) in [6.45, 7) is 5.75. The summed E-state index contributed by atoms with van der Waals surface area (Å²) in [4.78, 5) is 4.45. The van der Waals surface area contributed by atoms with Gasteiger partial charge in [-0.05, 0) is 37.6 Å². The van der Waals surface area contributed by atoms with E-state index < -0.39 is 0 Å². The van der Waals surface area contributed by atoms with Crippen LogP contribution in [0, 0.1) is 5.82 Å². The highest BCUT2D eigenvalue weighted by Crippen LogP contribution is 2.18. The van der Waals surface area contributed by atoms with Crippen molar-refractivity contribution in [1.82, 2.24) is 10.6 Å². The summed E-state index contributed by atoms with van der Waals surface area (Å²) in [6, 6.07) is 4.74. The molecule has 112 valence electrons. The highest BCUT2D eigenvalue weighted by molar-refractivity contribution is 9.10. The first-order valence-corrected chi connectivity index (χ1v) is 7.33. The van der Waals surface area contributed by atoms with Crippen LogP contribution in [0.3, 0.4) is 0 Å². The predicted octanol–water partition coefficient (Wildman–Crippen LogP) is 2.68. The molecule has 1 aromatic carbocycles. The van der Waals surface area contributed by atoms with E-state index >= 15 is 0 Å². The molecule has 0 aliphatic rings. The monoisotopic (exact) mass is 345 g/mol. The summed E-state index contributed by atoms with van der Waals surface area (Å²) >= 11 is 3.40. The minimum atomic E-state index is -0.260. The molecule has 0 aromatic heterocycles. The maximum absolute atomic E-state index is 13.2. The molecule has 1 aromatic rings. The van der Waals surface area contributed by atoms with Gasteiger partial charge in [-0.1, -0.05) is 15.9 Å². The van der Waals surface area contributed by atoms with Crippen molar-refractivity contribution >= 4 is 21.9 Å². The van der Waals surface area contributed by atoms with Crippen LogP contribution in [0.25, 0.3) is 0 Å². The number of hydrogen-bond donors (Lipinski definition) is 2. The average Bonchev–Trinajstić information content (AvgIpc) is 2.40. The molecule has 0 bridgehead atoms. The smallest absolute Gasteiger partial charge is 0.191 e. The molecule has 1 unspecified atom stereocenters. The minimum absolute atomic E-state index is 0.147. The minimum Gasteiger partial charge on any atom is -0.383 e. The van der Waals surface area contributed by atoms with Crippen molar-refractivity contribution in [3.8, 4) is 0 Å². The van der Waals surface area contributed by atoms with Gasteiger partial charge in [-0.15, -0.1) is 0 Å². The Kier molecular flexibility index (Phi) is 7.54. The van der Waals surface area contributed by atoms with E-state index in [0.717, 1.165) is 16.6 Å². The first-order valence-electron chi connectivity index (χ1n) is 6.54. The van der Waals surface area contributed by atoms with Gasteiger partial charge in [0.15, 0.2) is 5.96 Å². The molecule has 0 aliphatic heterocycles. The number of halogens is 2. The largest absolute Gasteiger partial charge is 0.383 e. The number of aliphatic imine (C=N–C) groups is 1. The zero-order valence-electron chi connectivity index (χ0n) is 12.0. The highest BCUT2D eigenvalue weighted by Gasteiger charge is 2.06. The third-order valence-electron chi connectivity index (χ3n) is 2.56. The summed E-state index contributed by atoms with van der Waals surface area (Å²) < 4.78 is 19.1. The van der Waals surface area contributed by atoms with Crippen LogP contribution in [0.5, 0.6) is 0 Å². The summed E-state index contributed by atoms with van der Waals surface area (Å²) in [5.41, 5.74) is 0.807. The van der Waals surface area contributed by atoms with E-state index in [2.05, 4.69) is 31.6 Å². The fourth-order valence-corrected chi connectivity index (χ4v) is 2.05. The van der Waals surface area contributed by atoms with E-state index in [-0.39, 0.29) is 11.9 Å². The SMILES string of the molecule is CCNC(=NCc1cc(F)ccc1Br)NC(C)COC. The van der Waals surface area contributed by atoms with Gasteiger partial charge < -0.3 is 15.4 Å². The van der Waals surface area contributed by atoms with Crippen molar-refractivity contribution < 1.29 is 9.13 Å². The third-order valence-corrected chi connectivity index (χ3v) is 3.33. The maximum Gasteiger partial charge on any atom is 0.191 e. The Labute approximate surface area is 127 Å². The summed E-state index contributed by atoms with van der Waals surface area (Å²) in [5, 5.41) is 6.38. The molecule has 4 nitrogen and oxygen atoms in total. The first-order chi connectivity index (χ1) is 9.56. The standard InChI is InChI=1S/C14H21BrFN3O/c1-4-17-14(19-10(2)9-20-3)18-8-11-7-12(16)5-6-13(11)15/h5-7,10H,4,8-9H2,1-3H3,(H2,17,18,19). The number of methoxy groups -OCH3 is 1. The van der Waals surface area contributed by atoms with Gasteiger partial charge in [0.05, 0.1) is 13.2 Å². The van der Waals surface area contributed by atoms with Gasteiger partial charge in [0.1, 0.15) is 5.82 Å². The van der Waals surface area contributed by atoms with Gasteiger partial charge in [-0.3, -0.25) is 0 Å². The molecular formula is C14H21BrFN3O. The van der Waals surface area contributed by atoms with Crippen molar-refractivity contribution in [2.45, 2.75) is 26.4 Å². The van der Waals surface area contributed by atoms with Crippen molar-refractivity contribution in [3.63, 3.8) is 0 Å². The fraction of sp³-hybridized carbons (Fsp3) is 0.500. The molecular weight excluding hydrogens is 325 g/mol.